The van der Waals surface area contributed by atoms with Crippen molar-refractivity contribution in [1.29, 1.82) is 0 Å². The summed E-state index contributed by atoms with van der Waals surface area (Å²) in [7, 11) is 0. The smallest absolute Gasteiger partial charge is 0.312 e. The lowest BCUT2D eigenvalue weighted by Crippen LogP contribution is -2.52. The van der Waals surface area contributed by atoms with Gasteiger partial charge in [-0.25, -0.2) is 8.78 Å². The topological polar surface area (TPSA) is 42.0 Å². The minimum atomic E-state index is -0.814. The maximum absolute atomic E-state index is 14.4. The highest BCUT2D eigenvalue weighted by atomic mass is 19.1. The number of nitrogens with zero attached hydrogens (tertiary/aromatic N) is 2. The van der Waals surface area contributed by atoms with Gasteiger partial charge in [-0.05, 0) is 39.0 Å². The Bertz CT molecular complexity index is 712. The summed E-state index contributed by atoms with van der Waals surface area (Å²) in [4.78, 5) is 15.4. The predicted octanol–water partition coefficient (Wildman–Crippen LogP) is 3.14. The minimum Gasteiger partial charge on any atom is -0.489 e. The molecule has 2 aliphatic heterocycles. The van der Waals surface area contributed by atoms with E-state index in [-0.39, 0.29) is 5.56 Å². The molecule has 1 amide bonds. The molecule has 27 heavy (non-hydrogen) atoms. The van der Waals surface area contributed by atoms with E-state index >= 15 is 0 Å². The summed E-state index contributed by atoms with van der Waals surface area (Å²) >= 11 is 0. The molecule has 2 atom stereocenters. The van der Waals surface area contributed by atoms with Gasteiger partial charge in [-0.1, -0.05) is 0 Å². The Morgan fingerprint density at radius 3 is 2.56 bits per heavy atom. The molecule has 2 aliphatic rings. The minimum absolute atomic E-state index is 0.0989. The first-order valence-electron chi connectivity index (χ1n) is 9.10. The molecule has 1 saturated heterocycles. The normalized spacial score (nSPS) is 23.4. The van der Waals surface area contributed by atoms with Crippen molar-refractivity contribution in [3.05, 3.63) is 47.4 Å². The van der Waals surface area contributed by atoms with Crippen LogP contribution in [0.4, 0.5) is 8.78 Å². The third-order valence-electron chi connectivity index (χ3n) is 4.95. The summed E-state index contributed by atoms with van der Waals surface area (Å²) in [5.74, 6) is -1.11. The zero-order valence-corrected chi connectivity index (χ0v) is 15.9. The van der Waals surface area contributed by atoms with Crippen LogP contribution in [0.25, 0.3) is 0 Å². The van der Waals surface area contributed by atoms with Crippen LogP contribution in [0, 0.1) is 11.6 Å². The quantitative estimate of drug-likeness (QED) is 0.754. The molecule has 0 spiro atoms. The standard InChI is InChI=1S/C20H25F2N2O3/c1-20(2,3)24(13-25)18-11-15(23-6-8-26-9-7-23)12-27-19(18)16-10-14(21)4-5-17(16)22/h4-5,10,12,18-19H,6-9,11H2,1-3H3/t18-,19+/m0/s1. The molecule has 0 saturated carbocycles. The number of benzene rings is 1. The second-order valence-corrected chi connectivity index (χ2v) is 7.83. The summed E-state index contributed by atoms with van der Waals surface area (Å²) < 4.78 is 39.5. The van der Waals surface area contributed by atoms with E-state index in [1.807, 2.05) is 27.2 Å². The van der Waals surface area contributed by atoms with Crippen molar-refractivity contribution in [2.75, 3.05) is 26.3 Å². The Labute approximate surface area is 158 Å². The van der Waals surface area contributed by atoms with Crippen LogP contribution in [-0.4, -0.2) is 54.1 Å². The first-order chi connectivity index (χ1) is 12.8. The molecule has 5 nitrogen and oxygen atoms in total. The van der Waals surface area contributed by atoms with Crippen molar-refractivity contribution < 1.29 is 23.0 Å². The van der Waals surface area contributed by atoms with Gasteiger partial charge in [-0.2, -0.15) is 0 Å². The second-order valence-electron chi connectivity index (χ2n) is 7.83. The summed E-state index contributed by atoms with van der Waals surface area (Å²) in [6, 6.07) is 2.77. The fourth-order valence-corrected chi connectivity index (χ4v) is 3.61. The molecule has 2 heterocycles. The highest BCUT2D eigenvalue weighted by molar-refractivity contribution is 5.51. The number of hydrogen-bond acceptors (Lipinski definition) is 4. The highest BCUT2D eigenvalue weighted by Gasteiger charge is 2.40. The highest BCUT2D eigenvalue weighted by Crippen LogP contribution is 2.38. The van der Waals surface area contributed by atoms with Crippen LogP contribution in [0.15, 0.2) is 30.2 Å². The predicted molar refractivity (Wildman–Crippen MR) is 96.3 cm³/mol. The monoisotopic (exact) mass is 379 g/mol. The maximum Gasteiger partial charge on any atom is 0.312 e. The van der Waals surface area contributed by atoms with Gasteiger partial charge in [0.05, 0.1) is 25.0 Å². The van der Waals surface area contributed by atoms with Crippen LogP contribution < -0.4 is 0 Å². The van der Waals surface area contributed by atoms with Crippen molar-refractivity contribution in [3.8, 4) is 0 Å². The average molecular weight is 379 g/mol. The van der Waals surface area contributed by atoms with Crippen molar-refractivity contribution in [2.45, 2.75) is 44.9 Å². The lowest BCUT2D eigenvalue weighted by atomic mass is 9.91. The number of morpholine rings is 1. The molecule has 3 rings (SSSR count). The molecular weight excluding hydrogens is 354 g/mol. The van der Waals surface area contributed by atoms with E-state index in [9.17, 15) is 13.6 Å². The Morgan fingerprint density at radius 2 is 1.93 bits per heavy atom. The molecule has 1 aromatic carbocycles. The van der Waals surface area contributed by atoms with Crippen LogP contribution in [0.3, 0.4) is 0 Å². The molecule has 0 unspecified atom stereocenters. The molecular formula is C20H25F2N2O3. The van der Waals surface area contributed by atoms with Crippen LogP contribution >= 0.6 is 0 Å². The second kappa shape index (κ2) is 7.84. The van der Waals surface area contributed by atoms with E-state index in [0.29, 0.717) is 19.6 Å². The van der Waals surface area contributed by atoms with E-state index in [0.717, 1.165) is 37.0 Å². The van der Waals surface area contributed by atoms with E-state index in [2.05, 4.69) is 4.90 Å². The van der Waals surface area contributed by atoms with E-state index < -0.39 is 29.3 Å². The van der Waals surface area contributed by atoms with Gasteiger partial charge in [0.2, 0.25) is 0 Å². The van der Waals surface area contributed by atoms with Gasteiger partial charge in [0.25, 0.3) is 0 Å². The molecule has 7 heteroatoms. The zero-order valence-electron chi connectivity index (χ0n) is 15.9. The van der Waals surface area contributed by atoms with Crippen molar-refractivity contribution in [2.24, 2.45) is 0 Å². The van der Waals surface area contributed by atoms with E-state index in [1.54, 1.807) is 6.26 Å². The van der Waals surface area contributed by atoms with Gasteiger partial charge in [0.15, 0.2) is 0 Å². The number of halogens is 2. The zero-order chi connectivity index (χ0) is 19.6. The third-order valence-corrected chi connectivity index (χ3v) is 4.95. The van der Waals surface area contributed by atoms with Crippen LogP contribution in [0.2, 0.25) is 0 Å². The number of carbonyl (C=O) groups excluding carboxylic acids is 1. The van der Waals surface area contributed by atoms with Crippen LogP contribution in [0.5, 0.6) is 0 Å². The van der Waals surface area contributed by atoms with Crippen molar-refractivity contribution in [3.63, 3.8) is 0 Å². The molecule has 0 aromatic heterocycles. The molecule has 1 radical (unpaired) electrons. The summed E-state index contributed by atoms with van der Waals surface area (Å²) in [5.41, 5.74) is 0.466. The fourth-order valence-electron chi connectivity index (χ4n) is 3.61. The van der Waals surface area contributed by atoms with Gasteiger partial charge in [0.1, 0.15) is 24.0 Å². The van der Waals surface area contributed by atoms with Crippen LogP contribution in [-0.2, 0) is 14.3 Å². The maximum atomic E-state index is 14.4. The number of ether oxygens (including phenoxy) is 2. The number of hydrogen-bond donors (Lipinski definition) is 0. The van der Waals surface area contributed by atoms with Crippen molar-refractivity contribution >= 4 is 6.41 Å². The first kappa shape index (κ1) is 19.6. The third kappa shape index (κ3) is 4.24. The molecule has 0 bridgehead atoms. The Balaban J connectivity index is 1.97. The molecule has 1 aromatic rings. The average Bonchev–Trinajstić information content (AvgIpc) is 2.64. The van der Waals surface area contributed by atoms with E-state index in [1.165, 1.54) is 4.90 Å². The summed E-state index contributed by atoms with van der Waals surface area (Å²) in [6.45, 7) is 8.32. The molecule has 0 N–H and O–H groups in total. The van der Waals surface area contributed by atoms with Gasteiger partial charge in [-0.15, -0.1) is 0 Å². The SMILES string of the molecule is CC(C)(C)N([C]=O)[C@H]1CC(N2CCOCC2)=CO[C@@H]1c1cc(F)ccc1F. The first-order valence-corrected chi connectivity index (χ1v) is 9.10. The van der Waals surface area contributed by atoms with Crippen LogP contribution in [0.1, 0.15) is 38.9 Å². The number of amides is 1. The van der Waals surface area contributed by atoms with Gasteiger partial charge < -0.3 is 19.3 Å². The summed E-state index contributed by atoms with van der Waals surface area (Å²) in [6.07, 6.45) is 3.24. The lowest BCUT2D eigenvalue weighted by Gasteiger charge is -2.45. The molecule has 0 aliphatic carbocycles. The Morgan fingerprint density at radius 1 is 1.22 bits per heavy atom. The number of rotatable bonds is 4. The summed E-state index contributed by atoms with van der Waals surface area (Å²) in [5, 5.41) is 0. The van der Waals surface area contributed by atoms with Gasteiger partial charge >= 0.3 is 6.41 Å². The van der Waals surface area contributed by atoms with Gasteiger partial charge in [0, 0.05) is 30.6 Å². The largest absolute Gasteiger partial charge is 0.489 e. The molecule has 1 fully saturated rings. The van der Waals surface area contributed by atoms with E-state index in [4.69, 9.17) is 9.47 Å². The van der Waals surface area contributed by atoms with Gasteiger partial charge in [-0.3, -0.25) is 4.79 Å². The lowest BCUT2D eigenvalue weighted by molar-refractivity contribution is -0.00459. The Kier molecular flexibility index (Phi) is 5.69. The fraction of sp³-hybridized carbons (Fsp3) is 0.550. The molecule has 147 valence electrons. The van der Waals surface area contributed by atoms with Crippen molar-refractivity contribution in [1.82, 2.24) is 9.80 Å². The Hall–Kier alpha value is -2.15.